The highest BCUT2D eigenvalue weighted by molar-refractivity contribution is 7.99. The molecule has 30 heavy (non-hydrogen) atoms. The molecule has 1 amide bonds. The fraction of sp³-hybridized carbons (Fsp3) is 0.0909. The van der Waals surface area contributed by atoms with E-state index in [0.29, 0.717) is 23.4 Å². The predicted molar refractivity (Wildman–Crippen MR) is 114 cm³/mol. The Morgan fingerprint density at radius 2 is 1.73 bits per heavy atom. The summed E-state index contributed by atoms with van der Waals surface area (Å²) in [6.45, 7) is 0.495. The summed E-state index contributed by atoms with van der Waals surface area (Å²) in [6.07, 6.45) is 3.30. The Balaban J connectivity index is 1.24. The van der Waals surface area contributed by atoms with Crippen molar-refractivity contribution in [3.63, 3.8) is 0 Å². The molecule has 8 heteroatoms. The van der Waals surface area contributed by atoms with Crippen molar-refractivity contribution in [1.29, 1.82) is 0 Å². The first-order valence-corrected chi connectivity index (χ1v) is 10.2. The van der Waals surface area contributed by atoms with E-state index < -0.39 is 0 Å². The molecule has 4 aromatic rings. The van der Waals surface area contributed by atoms with E-state index in [-0.39, 0.29) is 11.7 Å². The number of thioether (sulfide) groups is 1. The minimum Gasteiger partial charge on any atom is -0.489 e. The molecule has 0 aliphatic carbocycles. The molecule has 0 unspecified atom stereocenters. The van der Waals surface area contributed by atoms with Crippen LogP contribution >= 0.6 is 11.8 Å². The Labute approximate surface area is 177 Å². The molecule has 0 bridgehead atoms. The average molecular weight is 418 g/mol. The highest BCUT2D eigenvalue weighted by Crippen LogP contribution is 2.23. The van der Waals surface area contributed by atoms with Crippen LogP contribution in [0.3, 0.4) is 0 Å². The number of nitrogens with zero attached hydrogens (tertiary/aromatic N) is 3. The summed E-state index contributed by atoms with van der Waals surface area (Å²) in [7, 11) is 0. The molecule has 0 atom stereocenters. The zero-order chi connectivity index (χ0) is 20.6. The number of pyridine rings is 1. The van der Waals surface area contributed by atoms with Gasteiger partial charge in [0.05, 0.1) is 5.75 Å². The fourth-order valence-corrected chi connectivity index (χ4v) is 3.14. The van der Waals surface area contributed by atoms with Gasteiger partial charge in [0.15, 0.2) is 0 Å². The smallest absolute Gasteiger partial charge is 0.277 e. The summed E-state index contributed by atoms with van der Waals surface area (Å²) < 4.78 is 11.3. The Morgan fingerprint density at radius 3 is 2.50 bits per heavy atom. The average Bonchev–Trinajstić information content (AvgIpc) is 3.28. The molecule has 2 heterocycles. The third-order valence-electron chi connectivity index (χ3n) is 4.05. The number of anilines is 1. The van der Waals surface area contributed by atoms with Crippen LogP contribution in [-0.4, -0.2) is 26.8 Å². The van der Waals surface area contributed by atoms with E-state index in [1.165, 1.54) is 11.8 Å². The third kappa shape index (κ3) is 5.45. The maximum absolute atomic E-state index is 12.2. The van der Waals surface area contributed by atoms with Crippen molar-refractivity contribution in [2.24, 2.45) is 0 Å². The molecule has 0 saturated heterocycles. The Hall–Kier alpha value is -3.65. The number of hydrogen-bond acceptors (Lipinski definition) is 7. The maximum Gasteiger partial charge on any atom is 0.277 e. The second-order valence-electron chi connectivity index (χ2n) is 6.24. The van der Waals surface area contributed by atoms with Crippen LogP contribution in [0.5, 0.6) is 5.75 Å². The Bertz CT molecular complexity index is 1090. The molecule has 150 valence electrons. The first-order chi connectivity index (χ1) is 14.8. The zero-order valence-electron chi connectivity index (χ0n) is 15.9. The molecule has 2 aromatic heterocycles. The maximum atomic E-state index is 12.2. The number of ether oxygens (including phenoxy) is 1. The van der Waals surface area contributed by atoms with E-state index in [4.69, 9.17) is 9.15 Å². The molecule has 0 fully saturated rings. The minimum atomic E-state index is -0.165. The van der Waals surface area contributed by atoms with Gasteiger partial charge in [0.25, 0.3) is 5.22 Å². The number of nitrogens with one attached hydrogen (secondary N) is 1. The van der Waals surface area contributed by atoms with Crippen LogP contribution in [0.2, 0.25) is 0 Å². The van der Waals surface area contributed by atoms with Crippen molar-refractivity contribution < 1.29 is 13.9 Å². The van der Waals surface area contributed by atoms with E-state index >= 15 is 0 Å². The second kappa shape index (κ2) is 9.71. The number of aromatic nitrogens is 3. The largest absolute Gasteiger partial charge is 0.489 e. The van der Waals surface area contributed by atoms with E-state index in [1.54, 1.807) is 36.7 Å². The lowest BCUT2D eigenvalue weighted by molar-refractivity contribution is -0.113. The predicted octanol–water partition coefficient (Wildman–Crippen LogP) is 4.44. The zero-order valence-corrected chi connectivity index (χ0v) is 16.7. The SMILES string of the molecule is O=C(CSc1nnc(-c2ccncc2)o1)Nc1ccc(OCc2ccccc2)cc1. The monoisotopic (exact) mass is 418 g/mol. The van der Waals surface area contributed by atoms with Gasteiger partial charge in [-0.3, -0.25) is 9.78 Å². The molecular weight excluding hydrogens is 400 g/mol. The number of hydrogen-bond donors (Lipinski definition) is 1. The fourth-order valence-electron chi connectivity index (χ4n) is 2.58. The molecule has 2 aromatic carbocycles. The van der Waals surface area contributed by atoms with Crippen molar-refractivity contribution in [3.05, 3.63) is 84.7 Å². The van der Waals surface area contributed by atoms with Crippen LogP contribution in [0, 0.1) is 0 Å². The first kappa shape index (κ1) is 19.7. The highest BCUT2D eigenvalue weighted by atomic mass is 32.2. The first-order valence-electron chi connectivity index (χ1n) is 9.19. The van der Waals surface area contributed by atoms with Gasteiger partial charge >= 0.3 is 0 Å². The molecule has 0 radical (unpaired) electrons. The number of carbonyl (C=O) groups is 1. The topological polar surface area (TPSA) is 90.1 Å². The van der Waals surface area contributed by atoms with E-state index in [0.717, 1.165) is 16.9 Å². The number of benzene rings is 2. The van der Waals surface area contributed by atoms with Gasteiger partial charge in [-0.05, 0) is 42.0 Å². The van der Waals surface area contributed by atoms with Gasteiger partial charge in [-0.1, -0.05) is 42.1 Å². The van der Waals surface area contributed by atoms with Gasteiger partial charge in [0, 0.05) is 23.6 Å². The van der Waals surface area contributed by atoms with Gasteiger partial charge in [0.2, 0.25) is 11.8 Å². The normalized spacial score (nSPS) is 10.5. The minimum absolute atomic E-state index is 0.157. The van der Waals surface area contributed by atoms with Crippen LogP contribution in [0.15, 0.2) is 88.8 Å². The summed E-state index contributed by atoms with van der Waals surface area (Å²) in [5.41, 5.74) is 2.57. The van der Waals surface area contributed by atoms with Gasteiger partial charge in [-0.25, -0.2) is 0 Å². The summed E-state index contributed by atoms with van der Waals surface area (Å²) in [4.78, 5) is 16.1. The van der Waals surface area contributed by atoms with Crippen molar-refractivity contribution in [1.82, 2.24) is 15.2 Å². The van der Waals surface area contributed by atoms with Crippen molar-refractivity contribution in [2.75, 3.05) is 11.1 Å². The quantitative estimate of drug-likeness (QED) is 0.423. The van der Waals surface area contributed by atoms with Crippen LogP contribution in [-0.2, 0) is 11.4 Å². The van der Waals surface area contributed by atoms with Crippen LogP contribution in [0.4, 0.5) is 5.69 Å². The lowest BCUT2D eigenvalue weighted by Crippen LogP contribution is -2.13. The van der Waals surface area contributed by atoms with Crippen molar-refractivity contribution in [2.45, 2.75) is 11.8 Å². The van der Waals surface area contributed by atoms with Crippen molar-refractivity contribution >= 4 is 23.4 Å². The Morgan fingerprint density at radius 1 is 0.967 bits per heavy atom. The summed E-state index contributed by atoms with van der Waals surface area (Å²) in [6, 6.07) is 20.8. The third-order valence-corrected chi connectivity index (χ3v) is 4.87. The highest BCUT2D eigenvalue weighted by Gasteiger charge is 2.11. The molecular formula is C22H18N4O3S. The van der Waals surface area contributed by atoms with Gasteiger partial charge < -0.3 is 14.5 Å². The molecule has 0 spiro atoms. The number of rotatable bonds is 8. The van der Waals surface area contributed by atoms with E-state index in [9.17, 15) is 4.79 Å². The molecule has 0 saturated carbocycles. The van der Waals surface area contributed by atoms with E-state index in [1.807, 2.05) is 42.5 Å². The van der Waals surface area contributed by atoms with Crippen LogP contribution < -0.4 is 10.1 Å². The Kier molecular flexibility index (Phi) is 6.36. The van der Waals surface area contributed by atoms with Gasteiger partial charge in [-0.2, -0.15) is 0 Å². The summed E-state index contributed by atoms with van der Waals surface area (Å²) in [5, 5.41) is 11.1. The second-order valence-corrected chi connectivity index (χ2v) is 7.17. The lowest BCUT2D eigenvalue weighted by atomic mass is 10.2. The van der Waals surface area contributed by atoms with Crippen LogP contribution in [0.25, 0.3) is 11.5 Å². The molecule has 0 aliphatic heterocycles. The van der Waals surface area contributed by atoms with Crippen molar-refractivity contribution in [3.8, 4) is 17.2 Å². The summed E-state index contributed by atoms with van der Waals surface area (Å²) >= 11 is 1.18. The number of amides is 1. The molecule has 1 N–H and O–H groups in total. The molecule has 0 aliphatic rings. The lowest BCUT2D eigenvalue weighted by Gasteiger charge is -2.08. The van der Waals surface area contributed by atoms with Crippen LogP contribution in [0.1, 0.15) is 5.56 Å². The van der Waals surface area contributed by atoms with Gasteiger partial charge in [0.1, 0.15) is 12.4 Å². The number of carbonyl (C=O) groups excluding carboxylic acids is 1. The van der Waals surface area contributed by atoms with Gasteiger partial charge in [-0.15, -0.1) is 10.2 Å². The molecule has 4 rings (SSSR count). The summed E-state index contributed by atoms with van der Waals surface area (Å²) in [5.74, 6) is 1.12. The standard InChI is InChI=1S/C22H18N4O3S/c27-20(15-30-22-26-25-21(29-22)17-10-12-23-13-11-17)24-18-6-8-19(9-7-18)28-14-16-4-2-1-3-5-16/h1-13H,14-15H2,(H,24,27). The van der Waals surface area contributed by atoms with E-state index in [2.05, 4.69) is 20.5 Å². The molecule has 7 nitrogen and oxygen atoms in total.